The van der Waals surface area contributed by atoms with E-state index in [1.807, 2.05) is 29.8 Å². The third-order valence-corrected chi connectivity index (χ3v) is 3.01. The Morgan fingerprint density at radius 2 is 2.28 bits per heavy atom. The summed E-state index contributed by atoms with van der Waals surface area (Å²) in [4.78, 5) is 16.0. The Labute approximate surface area is 107 Å². The fourth-order valence-electron chi connectivity index (χ4n) is 1.94. The summed E-state index contributed by atoms with van der Waals surface area (Å²) < 4.78 is 1.97. The number of aromatic nitrogens is 2. The lowest BCUT2D eigenvalue weighted by atomic mass is 10.1. The summed E-state index contributed by atoms with van der Waals surface area (Å²) in [6, 6.07) is 5.98. The second kappa shape index (κ2) is 5.67. The second-order valence-corrected chi connectivity index (χ2v) is 4.56. The van der Waals surface area contributed by atoms with Gasteiger partial charge in [0.25, 0.3) is 0 Å². The van der Waals surface area contributed by atoms with Crippen molar-refractivity contribution >= 4 is 16.9 Å². The average molecular weight is 245 g/mol. The van der Waals surface area contributed by atoms with E-state index in [0.29, 0.717) is 6.42 Å². The first-order valence-corrected chi connectivity index (χ1v) is 6.37. The molecule has 0 fully saturated rings. The van der Waals surface area contributed by atoms with Crippen LogP contribution < -0.4 is 5.32 Å². The lowest BCUT2D eigenvalue weighted by Gasteiger charge is -2.04. The smallest absolute Gasteiger partial charge is 0.224 e. The van der Waals surface area contributed by atoms with Gasteiger partial charge in [-0.15, -0.1) is 0 Å². The summed E-state index contributed by atoms with van der Waals surface area (Å²) in [7, 11) is 1.96. The molecule has 0 spiro atoms. The van der Waals surface area contributed by atoms with E-state index < -0.39 is 0 Å². The van der Waals surface area contributed by atoms with Crippen molar-refractivity contribution in [2.45, 2.75) is 26.2 Å². The molecule has 0 aliphatic heterocycles. The molecule has 18 heavy (non-hydrogen) atoms. The maximum absolute atomic E-state index is 11.7. The van der Waals surface area contributed by atoms with E-state index >= 15 is 0 Å². The van der Waals surface area contributed by atoms with Crippen molar-refractivity contribution in [2.24, 2.45) is 7.05 Å². The summed E-state index contributed by atoms with van der Waals surface area (Å²) in [5, 5.41) is 2.92. The van der Waals surface area contributed by atoms with Crippen molar-refractivity contribution in [3.63, 3.8) is 0 Å². The Morgan fingerprint density at radius 1 is 1.44 bits per heavy atom. The number of nitrogens with one attached hydrogen (secondary N) is 1. The quantitative estimate of drug-likeness (QED) is 0.819. The molecule has 1 aromatic heterocycles. The molecule has 0 saturated carbocycles. The zero-order valence-corrected chi connectivity index (χ0v) is 10.9. The fourth-order valence-corrected chi connectivity index (χ4v) is 1.94. The highest BCUT2D eigenvalue weighted by Crippen LogP contribution is 2.14. The molecule has 96 valence electrons. The van der Waals surface area contributed by atoms with E-state index in [1.165, 1.54) is 0 Å². The number of nitrogens with zero attached hydrogens (tertiary/aromatic N) is 2. The number of unbranched alkanes of at least 4 members (excludes halogenated alkanes) is 1. The highest BCUT2D eigenvalue weighted by Gasteiger charge is 2.05. The van der Waals surface area contributed by atoms with Crippen LogP contribution in [0.15, 0.2) is 24.5 Å². The molecule has 0 atom stereocenters. The molecule has 2 aromatic rings. The Morgan fingerprint density at radius 3 is 3.06 bits per heavy atom. The SMILES string of the molecule is CCCCNC(=O)Cc1ccc2c(c1)ncn2C. The molecule has 4 nitrogen and oxygen atoms in total. The third-order valence-electron chi connectivity index (χ3n) is 3.01. The van der Waals surface area contributed by atoms with Gasteiger partial charge in [0.2, 0.25) is 5.91 Å². The van der Waals surface area contributed by atoms with Crippen LogP contribution in [0.25, 0.3) is 11.0 Å². The number of hydrogen-bond donors (Lipinski definition) is 1. The minimum absolute atomic E-state index is 0.0822. The predicted molar refractivity (Wildman–Crippen MR) is 72.3 cm³/mol. The lowest BCUT2D eigenvalue weighted by Crippen LogP contribution is -2.25. The van der Waals surface area contributed by atoms with E-state index in [4.69, 9.17) is 0 Å². The number of rotatable bonds is 5. The van der Waals surface area contributed by atoms with Crippen LogP contribution in [0.5, 0.6) is 0 Å². The molecule has 2 rings (SSSR count). The monoisotopic (exact) mass is 245 g/mol. The zero-order chi connectivity index (χ0) is 13.0. The first kappa shape index (κ1) is 12.6. The van der Waals surface area contributed by atoms with Crippen molar-refractivity contribution in [1.29, 1.82) is 0 Å². The molecule has 1 N–H and O–H groups in total. The van der Waals surface area contributed by atoms with Crippen LogP contribution in [0, 0.1) is 0 Å². The molecular weight excluding hydrogens is 226 g/mol. The molecule has 0 radical (unpaired) electrons. The number of hydrogen-bond acceptors (Lipinski definition) is 2. The van der Waals surface area contributed by atoms with E-state index in [0.717, 1.165) is 36.0 Å². The van der Waals surface area contributed by atoms with Gasteiger partial charge in [-0.05, 0) is 24.1 Å². The summed E-state index contributed by atoms with van der Waals surface area (Å²) in [6.45, 7) is 2.88. The van der Waals surface area contributed by atoms with Gasteiger partial charge in [-0.1, -0.05) is 19.4 Å². The first-order chi connectivity index (χ1) is 8.70. The molecule has 1 heterocycles. The topological polar surface area (TPSA) is 46.9 Å². The maximum Gasteiger partial charge on any atom is 0.224 e. The van der Waals surface area contributed by atoms with Crippen molar-refractivity contribution < 1.29 is 4.79 Å². The molecule has 0 unspecified atom stereocenters. The summed E-state index contributed by atoms with van der Waals surface area (Å²) in [5.74, 6) is 0.0822. The Kier molecular flexibility index (Phi) is 3.97. The van der Waals surface area contributed by atoms with Gasteiger partial charge in [-0.25, -0.2) is 4.98 Å². The number of amides is 1. The molecule has 0 saturated heterocycles. The van der Waals surface area contributed by atoms with Crippen molar-refractivity contribution in [1.82, 2.24) is 14.9 Å². The fraction of sp³-hybridized carbons (Fsp3) is 0.429. The van der Waals surface area contributed by atoms with Gasteiger partial charge >= 0.3 is 0 Å². The molecular formula is C14H19N3O. The maximum atomic E-state index is 11.7. The number of benzene rings is 1. The summed E-state index contributed by atoms with van der Waals surface area (Å²) in [6.07, 6.45) is 4.34. The summed E-state index contributed by atoms with van der Waals surface area (Å²) >= 11 is 0. The highest BCUT2D eigenvalue weighted by atomic mass is 16.1. The largest absolute Gasteiger partial charge is 0.356 e. The molecule has 1 amide bonds. The molecule has 0 aliphatic carbocycles. The average Bonchev–Trinajstić information content (AvgIpc) is 2.71. The molecule has 4 heteroatoms. The lowest BCUT2D eigenvalue weighted by molar-refractivity contribution is -0.120. The second-order valence-electron chi connectivity index (χ2n) is 4.56. The number of carbonyl (C=O) groups is 1. The minimum atomic E-state index is 0.0822. The van der Waals surface area contributed by atoms with Crippen LogP contribution in [0.4, 0.5) is 0 Å². The Bertz CT molecular complexity index is 545. The first-order valence-electron chi connectivity index (χ1n) is 6.37. The van der Waals surface area contributed by atoms with Crippen molar-refractivity contribution in [3.8, 4) is 0 Å². The zero-order valence-electron chi connectivity index (χ0n) is 10.9. The van der Waals surface area contributed by atoms with E-state index in [9.17, 15) is 4.79 Å². The van der Waals surface area contributed by atoms with E-state index in [2.05, 4.69) is 17.2 Å². The van der Waals surface area contributed by atoms with Gasteiger partial charge in [-0.3, -0.25) is 4.79 Å². The normalized spacial score (nSPS) is 10.8. The molecule has 0 aliphatic rings. The van der Waals surface area contributed by atoms with E-state index in [-0.39, 0.29) is 5.91 Å². The third kappa shape index (κ3) is 2.88. The van der Waals surface area contributed by atoms with Crippen LogP contribution >= 0.6 is 0 Å². The minimum Gasteiger partial charge on any atom is -0.356 e. The Hall–Kier alpha value is -1.84. The van der Waals surface area contributed by atoms with Gasteiger partial charge < -0.3 is 9.88 Å². The van der Waals surface area contributed by atoms with Crippen LogP contribution in [0.3, 0.4) is 0 Å². The number of fused-ring (bicyclic) bond motifs is 1. The van der Waals surface area contributed by atoms with Crippen LogP contribution in [0.1, 0.15) is 25.3 Å². The van der Waals surface area contributed by atoms with Crippen LogP contribution in [-0.4, -0.2) is 22.0 Å². The summed E-state index contributed by atoms with van der Waals surface area (Å²) in [5.41, 5.74) is 3.04. The van der Waals surface area contributed by atoms with Crippen LogP contribution in [-0.2, 0) is 18.3 Å². The Balaban J connectivity index is 2.01. The predicted octanol–water partition coefficient (Wildman–Crippen LogP) is 2.03. The van der Waals surface area contributed by atoms with E-state index in [1.54, 1.807) is 6.33 Å². The molecule has 1 aromatic carbocycles. The standard InChI is InChI=1S/C14H19N3O/c1-3-4-7-15-14(18)9-11-5-6-13-12(8-11)16-10-17(13)2/h5-6,8,10H,3-4,7,9H2,1-2H3,(H,15,18). The number of carbonyl (C=O) groups excluding carboxylic acids is 1. The molecule has 0 bridgehead atoms. The van der Waals surface area contributed by atoms with Gasteiger partial charge in [0.15, 0.2) is 0 Å². The van der Waals surface area contributed by atoms with Gasteiger partial charge in [0, 0.05) is 13.6 Å². The van der Waals surface area contributed by atoms with Gasteiger partial charge in [0.1, 0.15) is 0 Å². The van der Waals surface area contributed by atoms with Gasteiger partial charge in [0.05, 0.1) is 23.8 Å². The van der Waals surface area contributed by atoms with Crippen molar-refractivity contribution in [3.05, 3.63) is 30.1 Å². The number of imidazole rings is 1. The van der Waals surface area contributed by atoms with Gasteiger partial charge in [-0.2, -0.15) is 0 Å². The van der Waals surface area contributed by atoms with Crippen LogP contribution in [0.2, 0.25) is 0 Å². The van der Waals surface area contributed by atoms with Crippen molar-refractivity contribution in [2.75, 3.05) is 6.54 Å². The highest BCUT2D eigenvalue weighted by molar-refractivity contribution is 5.81. The number of aryl methyl sites for hydroxylation is 1.